The summed E-state index contributed by atoms with van der Waals surface area (Å²) in [6.45, 7) is 5.22. The molecule has 104 valence electrons. The lowest BCUT2D eigenvalue weighted by Gasteiger charge is -2.18. The number of aryl methyl sites for hydroxylation is 1. The lowest BCUT2D eigenvalue weighted by molar-refractivity contribution is 0.492. The number of benzene rings is 1. The van der Waals surface area contributed by atoms with E-state index in [0.29, 0.717) is 0 Å². The van der Waals surface area contributed by atoms with Crippen LogP contribution < -0.4 is 5.32 Å². The maximum absolute atomic E-state index is 5.34. The van der Waals surface area contributed by atoms with E-state index in [9.17, 15) is 0 Å². The van der Waals surface area contributed by atoms with Crippen molar-refractivity contribution in [2.24, 2.45) is 0 Å². The largest absolute Gasteiger partial charge is 0.309 e. The number of hydrogen-bond acceptors (Lipinski definition) is 2. The van der Waals surface area contributed by atoms with Crippen molar-refractivity contribution in [2.45, 2.75) is 39.2 Å². The average Bonchev–Trinajstić information content (AvgIpc) is 2.46. The Hall–Kier alpha value is -1.85. The first kappa shape index (κ1) is 14.6. The number of unbranched alkanes of at least 4 members (excludes halogenated alkanes) is 1. The number of terminal acetylenes is 1. The highest BCUT2D eigenvalue weighted by Crippen LogP contribution is 2.23. The van der Waals surface area contributed by atoms with Gasteiger partial charge in [0.05, 0.1) is 11.2 Å². The number of aromatic nitrogens is 1. The summed E-state index contributed by atoms with van der Waals surface area (Å²) in [6, 6.07) is 10.8. The van der Waals surface area contributed by atoms with E-state index in [2.05, 4.69) is 49.4 Å². The molecule has 2 heteroatoms. The molecule has 1 aromatic carbocycles. The number of para-hydroxylation sites is 1. The Balaban J connectivity index is 2.30. The molecule has 0 radical (unpaired) electrons. The van der Waals surface area contributed by atoms with Crippen molar-refractivity contribution in [2.75, 3.05) is 6.54 Å². The van der Waals surface area contributed by atoms with E-state index in [1.807, 2.05) is 6.07 Å². The van der Waals surface area contributed by atoms with Gasteiger partial charge in [0.25, 0.3) is 0 Å². The van der Waals surface area contributed by atoms with Gasteiger partial charge in [0.2, 0.25) is 0 Å². The molecule has 2 rings (SSSR count). The van der Waals surface area contributed by atoms with Crippen LogP contribution in [-0.4, -0.2) is 11.5 Å². The monoisotopic (exact) mass is 266 g/mol. The minimum Gasteiger partial charge on any atom is -0.309 e. The SMILES string of the molecule is C#CCCCC(NCC)c1cc(C)c2ccccc2n1. The molecule has 0 bridgehead atoms. The molecule has 2 nitrogen and oxygen atoms in total. The van der Waals surface area contributed by atoms with Gasteiger partial charge in [0.15, 0.2) is 0 Å². The minimum absolute atomic E-state index is 0.289. The minimum atomic E-state index is 0.289. The number of hydrogen-bond donors (Lipinski definition) is 1. The zero-order valence-electron chi connectivity index (χ0n) is 12.3. The van der Waals surface area contributed by atoms with E-state index in [1.54, 1.807) is 0 Å². The molecule has 1 atom stereocenters. The summed E-state index contributed by atoms with van der Waals surface area (Å²) in [7, 11) is 0. The molecular formula is C18H22N2. The van der Waals surface area contributed by atoms with Crippen LogP contribution in [0.5, 0.6) is 0 Å². The predicted molar refractivity (Wildman–Crippen MR) is 85.6 cm³/mol. The van der Waals surface area contributed by atoms with Crippen LogP contribution in [0.15, 0.2) is 30.3 Å². The maximum atomic E-state index is 5.34. The van der Waals surface area contributed by atoms with E-state index in [-0.39, 0.29) is 6.04 Å². The van der Waals surface area contributed by atoms with Crippen LogP contribution in [0.1, 0.15) is 43.5 Å². The van der Waals surface area contributed by atoms with Crippen LogP contribution in [0, 0.1) is 19.3 Å². The average molecular weight is 266 g/mol. The van der Waals surface area contributed by atoms with Crippen LogP contribution in [0.2, 0.25) is 0 Å². The smallest absolute Gasteiger partial charge is 0.0708 e. The van der Waals surface area contributed by atoms with Gasteiger partial charge in [-0.1, -0.05) is 25.1 Å². The molecule has 0 aliphatic carbocycles. The molecule has 1 heterocycles. The second-order valence-corrected chi connectivity index (χ2v) is 5.09. The van der Waals surface area contributed by atoms with Crippen LogP contribution in [0.25, 0.3) is 10.9 Å². The molecule has 0 fully saturated rings. The highest BCUT2D eigenvalue weighted by molar-refractivity contribution is 5.82. The molecule has 0 spiro atoms. The fourth-order valence-corrected chi connectivity index (χ4v) is 2.56. The first-order chi connectivity index (χ1) is 9.76. The third-order valence-corrected chi connectivity index (χ3v) is 3.56. The fourth-order valence-electron chi connectivity index (χ4n) is 2.56. The Labute approximate surface area is 121 Å². The van der Waals surface area contributed by atoms with E-state index in [4.69, 9.17) is 11.4 Å². The van der Waals surface area contributed by atoms with E-state index in [1.165, 1.54) is 10.9 Å². The number of nitrogens with one attached hydrogen (secondary N) is 1. The van der Waals surface area contributed by atoms with Gasteiger partial charge in [-0.25, -0.2) is 0 Å². The van der Waals surface area contributed by atoms with Crippen molar-refractivity contribution in [3.8, 4) is 12.3 Å². The van der Waals surface area contributed by atoms with Gasteiger partial charge < -0.3 is 5.32 Å². The topological polar surface area (TPSA) is 24.9 Å². The van der Waals surface area contributed by atoms with E-state index >= 15 is 0 Å². The molecular weight excluding hydrogens is 244 g/mol. The Morgan fingerprint density at radius 3 is 2.90 bits per heavy atom. The Bertz CT molecular complexity index is 610. The van der Waals surface area contributed by atoms with Crippen LogP contribution >= 0.6 is 0 Å². The first-order valence-electron chi connectivity index (χ1n) is 7.29. The molecule has 1 aromatic heterocycles. The van der Waals surface area contributed by atoms with Crippen molar-refractivity contribution < 1.29 is 0 Å². The number of nitrogens with zero attached hydrogens (tertiary/aromatic N) is 1. The summed E-state index contributed by atoms with van der Waals surface area (Å²) >= 11 is 0. The summed E-state index contributed by atoms with van der Waals surface area (Å²) in [5.74, 6) is 2.71. The summed E-state index contributed by atoms with van der Waals surface area (Å²) < 4.78 is 0. The summed E-state index contributed by atoms with van der Waals surface area (Å²) in [5.41, 5.74) is 3.48. The van der Waals surface area contributed by atoms with Crippen molar-refractivity contribution in [3.63, 3.8) is 0 Å². The van der Waals surface area contributed by atoms with Gasteiger partial charge >= 0.3 is 0 Å². The molecule has 0 amide bonds. The van der Waals surface area contributed by atoms with Crippen molar-refractivity contribution in [1.29, 1.82) is 0 Å². The summed E-state index contributed by atoms with van der Waals surface area (Å²) in [6.07, 6.45) is 8.23. The van der Waals surface area contributed by atoms with E-state index in [0.717, 1.165) is 37.0 Å². The number of rotatable bonds is 6. The normalized spacial score (nSPS) is 12.2. The molecule has 1 unspecified atom stereocenters. The van der Waals surface area contributed by atoms with Gasteiger partial charge in [-0.3, -0.25) is 4.98 Å². The molecule has 0 aliphatic heterocycles. The van der Waals surface area contributed by atoms with Gasteiger partial charge in [-0.2, -0.15) is 0 Å². The molecule has 20 heavy (non-hydrogen) atoms. The third-order valence-electron chi connectivity index (χ3n) is 3.56. The lowest BCUT2D eigenvalue weighted by Crippen LogP contribution is -2.22. The predicted octanol–water partition coefficient (Wildman–Crippen LogP) is 4.00. The molecule has 0 saturated carbocycles. The van der Waals surface area contributed by atoms with Gasteiger partial charge in [0, 0.05) is 17.8 Å². The maximum Gasteiger partial charge on any atom is 0.0708 e. The zero-order chi connectivity index (χ0) is 14.4. The Morgan fingerprint density at radius 1 is 1.35 bits per heavy atom. The highest BCUT2D eigenvalue weighted by atomic mass is 14.9. The van der Waals surface area contributed by atoms with Gasteiger partial charge in [0.1, 0.15) is 0 Å². The van der Waals surface area contributed by atoms with Crippen LogP contribution in [-0.2, 0) is 0 Å². The standard InChI is InChI=1S/C18H22N2/c1-4-6-7-12-17(19-5-2)18-13-14(3)15-10-8-9-11-16(15)20-18/h1,8-11,13,17,19H,5-7,12H2,2-3H3. The lowest BCUT2D eigenvalue weighted by atomic mass is 10.0. The number of pyridine rings is 1. The van der Waals surface area contributed by atoms with Gasteiger partial charge in [-0.05, 0) is 44.0 Å². The fraction of sp³-hybridized carbons (Fsp3) is 0.389. The van der Waals surface area contributed by atoms with Crippen LogP contribution in [0.4, 0.5) is 0 Å². The van der Waals surface area contributed by atoms with Crippen LogP contribution in [0.3, 0.4) is 0 Å². The zero-order valence-corrected chi connectivity index (χ0v) is 12.3. The summed E-state index contributed by atoms with van der Waals surface area (Å²) in [4.78, 5) is 4.82. The molecule has 2 aromatic rings. The second-order valence-electron chi connectivity index (χ2n) is 5.09. The van der Waals surface area contributed by atoms with Crippen molar-refractivity contribution in [1.82, 2.24) is 10.3 Å². The van der Waals surface area contributed by atoms with Crippen molar-refractivity contribution >= 4 is 10.9 Å². The first-order valence-corrected chi connectivity index (χ1v) is 7.29. The molecule has 0 saturated heterocycles. The van der Waals surface area contributed by atoms with Gasteiger partial charge in [-0.15, -0.1) is 12.3 Å². The Morgan fingerprint density at radius 2 is 2.15 bits per heavy atom. The highest BCUT2D eigenvalue weighted by Gasteiger charge is 2.13. The van der Waals surface area contributed by atoms with E-state index < -0.39 is 0 Å². The Kier molecular flexibility index (Phi) is 5.15. The number of fused-ring (bicyclic) bond motifs is 1. The molecule has 1 N–H and O–H groups in total. The quantitative estimate of drug-likeness (QED) is 0.631. The summed E-state index contributed by atoms with van der Waals surface area (Å²) in [5, 5.41) is 4.75. The third kappa shape index (κ3) is 3.37. The second kappa shape index (κ2) is 7.07. The molecule has 0 aliphatic rings. The van der Waals surface area contributed by atoms with Crippen molar-refractivity contribution in [3.05, 3.63) is 41.6 Å².